The first kappa shape index (κ1) is 40.6. The van der Waals surface area contributed by atoms with E-state index in [9.17, 15) is 9.59 Å². The van der Waals surface area contributed by atoms with Gasteiger partial charge < -0.3 is 28.8 Å². The Balaban J connectivity index is 0.000000144. The number of nitrogens with zero attached hydrogens (tertiary/aromatic N) is 9. The number of carbonyl (C=O) groups is 2. The highest BCUT2D eigenvalue weighted by Crippen LogP contribution is 2.51. The van der Waals surface area contributed by atoms with E-state index in [4.69, 9.17) is 9.47 Å². The number of amides is 2. The highest BCUT2D eigenvalue weighted by atomic mass is 127. The van der Waals surface area contributed by atoms with E-state index in [2.05, 4.69) is 59.9 Å². The maximum Gasteiger partial charge on any atom is 0.256 e. The SMILES string of the molecule is CI.Cn1ncc2c1-c1ccccc1OC21CCN(C(=O)c2cccc3[nH]cnc23)CC1.Cn1ncc2c1-c1ccccc1OC21CCN(C(=O)c2cccc3c2ncn3C)CC1. The maximum absolute atomic E-state index is 13.4. The van der Waals surface area contributed by atoms with E-state index < -0.39 is 11.2 Å². The van der Waals surface area contributed by atoms with Gasteiger partial charge in [-0.05, 0) is 53.5 Å². The van der Waals surface area contributed by atoms with Crippen LogP contribution >= 0.6 is 22.6 Å². The summed E-state index contributed by atoms with van der Waals surface area (Å²) in [4.78, 5) is 44.3. The predicted octanol–water partition coefficient (Wildman–Crippen LogP) is 8.04. The summed E-state index contributed by atoms with van der Waals surface area (Å²) < 4.78 is 19.0. The summed E-state index contributed by atoms with van der Waals surface area (Å²) >= 11 is 2.15. The zero-order chi connectivity index (χ0) is 43.5. The van der Waals surface area contributed by atoms with Crippen LogP contribution in [0.15, 0.2) is 110 Å². The van der Waals surface area contributed by atoms with Gasteiger partial charge in [-0.25, -0.2) is 9.97 Å². The van der Waals surface area contributed by atoms with E-state index in [1.807, 2.05) is 135 Å². The van der Waals surface area contributed by atoms with Crippen molar-refractivity contribution >= 4 is 56.5 Å². The second-order valence-corrected chi connectivity index (χ2v) is 16.5. The van der Waals surface area contributed by atoms with Crippen molar-refractivity contribution in [1.82, 2.24) is 48.9 Å². The first-order valence-corrected chi connectivity index (χ1v) is 23.3. The van der Waals surface area contributed by atoms with Gasteiger partial charge in [0.05, 0.1) is 58.6 Å². The zero-order valence-electron chi connectivity index (χ0n) is 35.6. The molecule has 4 aromatic carbocycles. The second kappa shape index (κ2) is 16.0. The number of hydrogen-bond donors (Lipinski definition) is 1. The number of aromatic amines is 1. The molecule has 4 aliphatic rings. The van der Waals surface area contributed by atoms with Gasteiger partial charge in [0.2, 0.25) is 0 Å². The molecule has 63 heavy (non-hydrogen) atoms. The lowest BCUT2D eigenvalue weighted by molar-refractivity contribution is -0.00221. The molecule has 4 aromatic heterocycles. The Morgan fingerprint density at radius 3 is 1.65 bits per heavy atom. The first-order valence-electron chi connectivity index (χ1n) is 21.1. The largest absolute Gasteiger partial charge is 0.482 e. The fourth-order valence-electron chi connectivity index (χ4n) is 9.91. The number of aromatic nitrogens is 8. The van der Waals surface area contributed by atoms with Crippen LogP contribution < -0.4 is 9.47 Å². The zero-order valence-corrected chi connectivity index (χ0v) is 37.7. The molecule has 0 atom stereocenters. The molecule has 4 aliphatic heterocycles. The van der Waals surface area contributed by atoms with Gasteiger partial charge in [-0.1, -0.05) is 59.0 Å². The molecule has 0 radical (unpaired) electrons. The number of piperidine rings is 2. The summed E-state index contributed by atoms with van der Waals surface area (Å²) in [5.41, 5.74) is 10.3. The number of ether oxygens (including phenoxy) is 2. The average Bonchev–Trinajstić information content (AvgIpc) is 4.15. The van der Waals surface area contributed by atoms with Crippen LogP contribution in [0, 0.1) is 0 Å². The summed E-state index contributed by atoms with van der Waals surface area (Å²) in [5, 5.41) is 9.05. The molecule has 0 saturated carbocycles. The number of likely N-dealkylation sites (tertiary alicyclic amines) is 2. The van der Waals surface area contributed by atoms with Crippen molar-refractivity contribution in [3.05, 3.63) is 132 Å². The Hall–Kier alpha value is -6.49. The number of para-hydroxylation sites is 4. The summed E-state index contributed by atoms with van der Waals surface area (Å²) in [6.07, 6.45) is 10.1. The lowest BCUT2D eigenvalue weighted by atomic mass is 9.81. The lowest BCUT2D eigenvalue weighted by Gasteiger charge is -2.44. The van der Waals surface area contributed by atoms with Crippen molar-refractivity contribution in [2.45, 2.75) is 36.9 Å². The van der Waals surface area contributed by atoms with Crippen LogP contribution in [-0.2, 0) is 32.3 Å². The third-order valence-electron chi connectivity index (χ3n) is 13.1. The Morgan fingerprint density at radius 2 is 1.11 bits per heavy atom. The van der Waals surface area contributed by atoms with Crippen LogP contribution in [0.2, 0.25) is 0 Å². The van der Waals surface area contributed by atoms with Gasteiger partial charge in [-0.2, -0.15) is 10.2 Å². The summed E-state index contributed by atoms with van der Waals surface area (Å²) in [6, 6.07) is 27.7. The quantitative estimate of drug-likeness (QED) is 0.136. The molecule has 14 nitrogen and oxygen atoms in total. The number of fused-ring (bicyclic) bond motifs is 10. The van der Waals surface area contributed by atoms with Gasteiger partial charge >= 0.3 is 0 Å². The van der Waals surface area contributed by atoms with E-state index in [0.29, 0.717) is 37.3 Å². The van der Waals surface area contributed by atoms with Crippen molar-refractivity contribution in [2.75, 3.05) is 31.1 Å². The van der Waals surface area contributed by atoms with E-state index in [0.717, 1.165) is 92.9 Å². The van der Waals surface area contributed by atoms with Crippen molar-refractivity contribution in [3.8, 4) is 34.0 Å². The van der Waals surface area contributed by atoms with Gasteiger partial charge in [-0.3, -0.25) is 19.0 Å². The number of H-pyrrole nitrogens is 1. The summed E-state index contributed by atoms with van der Waals surface area (Å²) in [6.45, 7) is 2.49. The van der Waals surface area contributed by atoms with E-state index >= 15 is 0 Å². The molecule has 0 unspecified atom stereocenters. The van der Waals surface area contributed by atoms with Gasteiger partial charge in [-0.15, -0.1) is 0 Å². The molecule has 0 bridgehead atoms. The van der Waals surface area contributed by atoms with Crippen molar-refractivity contribution in [2.24, 2.45) is 21.1 Å². The second-order valence-electron chi connectivity index (χ2n) is 16.5. The first-order chi connectivity index (χ1) is 30.7. The summed E-state index contributed by atoms with van der Waals surface area (Å²) in [7, 11) is 5.89. The molecule has 320 valence electrons. The molecule has 0 aliphatic carbocycles. The third-order valence-corrected chi connectivity index (χ3v) is 13.1. The number of nitrogens with one attached hydrogen (secondary N) is 1. The Morgan fingerprint density at radius 1 is 0.619 bits per heavy atom. The number of hydrogen-bond acceptors (Lipinski definition) is 8. The molecule has 2 saturated heterocycles. The normalized spacial score (nSPS) is 16.4. The van der Waals surface area contributed by atoms with Crippen molar-refractivity contribution in [3.63, 3.8) is 0 Å². The topological polar surface area (TPSA) is 141 Å². The van der Waals surface area contributed by atoms with Gasteiger partial charge in [0.25, 0.3) is 11.8 Å². The lowest BCUT2D eigenvalue weighted by Crippen LogP contribution is -2.49. The molecule has 2 spiro atoms. The monoisotopic (exact) mass is 954 g/mol. The molecule has 2 fully saturated rings. The number of benzene rings is 4. The number of carbonyl (C=O) groups excluding carboxylic acids is 2. The Labute approximate surface area is 378 Å². The molecule has 8 heterocycles. The highest BCUT2D eigenvalue weighted by Gasteiger charge is 2.47. The molecule has 8 aromatic rings. The standard InChI is InChI=1S/C24H23N5O2.C23H21N5O2.CH3I/c1-27-15-25-21-17(7-5-8-19(21)27)23(30)29-12-10-24(11-13-29)18-14-26-28(2)22(18)16-6-3-4-9-20(16)31-24;1-27-21-15-5-2-3-8-19(15)30-23(17(21)13-26-27)9-11-28(12-10-23)22(29)16-6-4-7-18-20(16)25-14-24-18;1-2/h3-9,14-15H,10-13H2,1-2H3;2-8,13-14H,9-12H2,1H3,(H,24,25);1H3. The number of alkyl halides is 1. The van der Waals surface area contributed by atoms with Crippen molar-refractivity contribution in [1.29, 1.82) is 0 Å². The van der Waals surface area contributed by atoms with E-state index in [1.54, 1.807) is 12.7 Å². The van der Waals surface area contributed by atoms with Crippen LogP contribution in [0.4, 0.5) is 0 Å². The highest BCUT2D eigenvalue weighted by molar-refractivity contribution is 14.1. The molecular formula is C48H47IN10O4. The minimum Gasteiger partial charge on any atom is -0.482 e. The van der Waals surface area contributed by atoms with Crippen LogP contribution in [0.25, 0.3) is 44.6 Å². The smallest absolute Gasteiger partial charge is 0.256 e. The summed E-state index contributed by atoms with van der Waals surface area (Å²) in [5.74, 6) is 1.82. The third kappa shape index (κ3) is 6.66. The van der Waals surface area contributed by atoms with Gasteiger partial charge in [0, 0.05) is 95.3 Å². The van der Waals surface area contributed by atoms with Gasteiger partial charge in [0.15, 0.2) is 0 Å². The molecule has 15 heteroatoms. The van der Waals surface area contributed by atoms with Gasteiger partial charge in [0.1, 0.15) is 33.7 Å². The minimum atomic E-state index is -0.453. The van der Waals surface area contributed by atoms with Crippen LogP contribution in [0.3, 0.4) is 0 Å². The average molecular weight is 955 g/mol. The van der Waals surface area contributed by atoms with E-state index in [1.165, 1.54) is 0 Å². The number of halogens is 1. The van der Waals surface area contributed by atoms with Crippen LogP contribution in [0.5, 0.6) is 11.5 Å². The van der Waals surface area contributed by atoms with Crippen LogP contribution in [0.1, 0.15) is 57.5 Å². The molecule has 2 amide bonds. The number of aryl methyl sites for hydroxylation is 3. The van der Waals surface area contributed by atoms with E-state index in [-0.39, 0.29) is 11.8 Å². The number of rotatable bonds is 2. The molecular weight excluding hydrogens is 907 g/mol. The predicted molar refractivity (Wildman–Crippen MR) is 249 cm³/mol. The maximum atomic E-state index is 13.4. The molecule has 12 rings (SSSR count). The number of imidazole rings is 2. The Bertz CT molecular complexity index is 3020. The van der Waals surface area contributed by atoms with Crippen LogP contribution in [-0.4, -0.2) is 91.8 Å². The van der Waals surface area contributed by atoms with Crippen molar-refractivity contribution < 1.29 is 19.1 Å². The minimum absolute atomic E-state index is 0.0187. The fourth-order valence-corrected chi connectivity index (χ4v) is 9.91. The molecule has 1 N–H and O–H groups in total. The Kier molecular flexibility index (Phi) is 10.3. The fraction of sp³-hybridized carbons (Fsp3) is 0.292.